The molecule has 0 bridgehead atoms. The van der Waals surface area contributed by atoms with Gasteiger partial charge in [0.15, 0.2) is 0 Å². The Hall–Kier alpha value is -1.33. The number of alkyl halides is 1. The van der Waals surface area contributed by atoms with Gasteiger partial charge in [0.2, 0.25) is 0 Å². The van der Waals surface area contributed by atoms with Crippen molar-refractivity contribution < 1.29 is 9.84 Å². The summed E-state index contributed by atoms with van der Waals surface area (Å²) in [5.41, 5.74) is 0.760. The zero-order chi connectivity index (χ0) is 10.4. The summed E-state index contributed by atoms with van der Waals surface area (Å²) < 4.78 is 5.06. The molecule has 1 N–H and O–H groups in total. The van der Waals surface area contributed by atoms with E-state index in [9.17, 15) is 5.11 Å². The molecule has 0 aromatic heterocycles. The van der Waals surface area contributed by atoms with E-state index >= 15 is 0 Å². The van der Waals surface area contributed by atoms with Crippen LogP contribution >= 0.6 is 11.6 Å². The van der Waals surface area contributed by atoms with Gasteiger partial charge in [-0.1, -0.05) is 11.8 Å². The van der Waals surface area contributed by atoms with Crippen LogP contribution in [0.25, 0.3) is 0 Å². The molecule has 0 spiro atoms. The maximum absolute atomic E-state index is 9.19. The number of phenols is 1. The van der Waals surface area contributed by atoms with Gasteiger partial charge in [-0.15, -0.1) is 11.6 Å². The lowest BCUT2D eigenvalue weighted by Crippen LogP contribution is -1.87. The molecule has 0 fully saturated rings. The molecule has 14 heavy (non-hydrogen) atoms. The highest BCUT2D eigenvalue weighted by atomic mass is 35.5. The number of hydrogen-bond acceptors (Lipinski definition) is 2. The Kier molecular flexibility index (Phi) is 4.15. The number of aromatic hydroxyl groups is 1. The van der Waals surface area contributed by atoms with E-state index in [1.54, 1.807) is 19.2 Å². The highest BCUT2D eigenvalue weighted by Crippen LogP contribution is 2.22. The van der Waals surface area contributed by atoms with Gasteiger partial charge < -0.3 is 9.84 Å². The lowest BCUT2D eigenvalue weighted by molar-refractivity contribution is 0.406. The molecule has 0 aliphatic heterocycles. The summed E-state index contributed by atoms with van der Waals surface area (Å²) in [5, 5.41) is 9.19. The first-order chi connectivity index (χ1) is 6.77. The number of phenolic OH excluding ortho intramolecular Hbond substituents is 1. The number of halogens is 1. The van der Waals surface area contributed by atoms with Crippen LogP contribution in [0, 0.1) is 11.8 Å². The predicted molar refractivity (Wildman–Crippen MR) is 56.9 cm³/mol. The Morgan fingerprint density at radius 1 is 1.50 bits per heavy atom. The Labute approximate surface area is 88.5 Å². The molecule has 1 rings (SSSR count). The van der Waals surface area contributed by atoms with Crippen molar-refractivity contribution >= 4 is 11.6 Å². The van der Waals surface area contributed by atoms with Gasteiger partial charge in [-0.05, 0) is 12.1 Å². The highest BCUT2D eigenvalue weighted by molar-refractivity contribution is 6.18. The summed E-state index contributed by atoms with van der Waals surface area (Å²) in [6.45, 7) is 0. The summed E-state index contributed by atoms with van der Waals surface area (Å²) in [6, 6.07) is 4.83. The fraction of sp³-hybridized carbons (Fsp3) is 0.273. The first kappa shape index (κ1) is 10.7. The zero-order valence-electron chi connectivity index (χ0n) is 7.88. The number of methoxy groups -OCH3 is 1. The third-order valence-electron chi connectivity index (χ3n) is 1.63. The van der Waals surface area contributed by atoms with Gasteiger partial charge >= 0.3 is 0 Å². The Balaban J connectivity index is 2.92. The van der Waals surface area contributed by atoms with Crippen LogP contribution in [0.1, 0.15) is 12.0 Å². The Morgan fingerprint density at radius 3 is 2.93 bits per heavy atom. The van der Waals surface area contributed by atoms with Crippen LogP contribution in [0.5, 0.6) is 11.5 Å². The lowest BCUT2D eigenvalue weighted by atomic mass is 10.2. The van der Waals surface area contributed by atoms with Crippen molar-refractivity contribution in [1.29, 1.82) is 0 Å². The SMILES string of the molecule is COc1cc(O)ccc1C#CCCCl. The Bertz CT molecular complexity index is 363. The van der Waals surface area contributed by atoms with Gasteiger partial charge in [0, 0.05) is 18.4 Å². The van der Waals surface area contributed by atoms with Crippen molar-refractivity contribution in [2.45, 2.75) is 6.42 Å². The second-order valence-electron chi connectivity index (χ2n) is 2.63. The average molecular weight is 211 g/mol. The minimum Gasteiger partial charge on any atom is -0.508 e. The van der Waals surface area contributed by atoms with Crippen molar-refractivity contribution in [1.82, 2.24) is 0 Å². The molecule has 0 aliphatic rings. The van der Waals surface area contributed by atoms with Gasteiger partial charge in [0.25, 0.3) is 0 Å². The molecular weight excluding hydrogens is 200 g/mol. The van der Waals surface area contributed by atoms with Crippen molar-refractivity contribution in [3.63, 3.8) is 0 Å². The Morgan fingerprint density at radius 2 is 2.29 bits per heavy atom. The first-order valence-electron chi connectivity index (χ1n) is 4.19. The molecule has 0 aliphatic carbocycles. The van der Waals surface area contributed by atoms with Crippen molar-refractivity contribution in [3.05, 3.63) is 23.8 Å². The van der Waals surface area contributed by atoms with Gasteiger partial charge in [-0.25, -0.2) is 0 Å². The molecule has 3 heteroatoms. The molecular formula is C11H11ClO2. The van der Waals surface area contributed by atoms with Crippen molar-refractivity contribution in [2.24, 2.45) is 0 Å². The standard InChI is InChI=1S/C11H11ClO2/c1-14-11-8-10(13)6-5-9(11)4-2-3-7-12/h5-6,8,13H,3,7H2,1H3. The lowest BCUT2D eigenvalue weighted by Gasteiger charge is -2.02. The van der Waals surface area contributed by atoms with Crippen LogP contribution in [0.4, 0.5) is 0 Å². The quantitative estimate of drug-likeness (QED) is 0.600. The van der Waals surface area contributed by atoms with E-state index in [1.807, 2.05) is 0 Å². The van der Waals surface area contributed by atoms with Crippen LogP contribution in [-0.2, 0) is 0 Å². The van der Waals surface area contributed by atoms with E-state index in [-0.39, 0.29) is 5.75 Å². The second kappa shape index (κ2) is 5.41. The highest BCUT2D eigenvalue weighted by Gasteiger charge is 2.00. The number of rotatable bonds is 2. The topological polar surface area (TPSA) is 29.5 Å². The fourth-order valence-electron chi connectivity index (χ4n) is 0.988. The molecule has 0 atom stereocenters. The summed E-state index contributed by atoms with van der Waals surface area (Å²) >= 11 is 5.49. The largest absolute Gasteiger partial charge is 0.508 e. The van der Waals surface area contributed by atoms with Crippen molar-refractivity contribution in [3.8, 4) is 23.3 Å². The minimum atomic E-state index is 0.171. The van der Waals surface area contributed by atoms with E-state index < -0.39 is 0 Å². The molecule has 1 aromatic rings. The molecule has 74 valence electrons. The fourth-order valence-corrected chi connectivity index (χ4v) is 1.08. The van der Waals surface area contributed by atoms with E-state index in [4.69, 9.17) is 16.3 Å². The van der Waals surface area contributed by atoms with Gasteiger partial charge in [-0.2, -0.15) is 0 Å². The summed E-state index contributed by atoms with van der Waals surface area (Å²) in [6.07, 6.45) is 0.644. The normalized spacial score (nSPS) is 9.00. The maximum Gasteiger partial charge on any atom is 0.138 e. The summed E-state index contributed by atoms with van der Waals surface area (Å²) in [5.74, 6) is 7.09. The van der Waals surface area contributed by atoms with Crippen LogP contribution in [0.15, 0.2) is 18.2 Å². The van der Waals surface area contributed by atoms with Gasteiger partial charge in [0.1, 0.15) is 11.5 Å². The van der Waals surface area contributed by atoms with Crippen LogP contribution in [-0.4, -0.2) is 18.1 Å². The van der Waals surface area contributed by atoms with Crippen LogP contribution < -0.4 is 4.74 Å². The van der Waals surface area contributed by atoms with Gasteiger partial charge in [-0.3, -0.25) is 0 Å². The van der Waals surface area contributed by atoms with Crippen LogP contribution in [0.3, 0.4) is 0 Å². The van der Waals surface area contributed by atoms with Gasteiger partial charge in [0.05, 0.1) is 12.7 Å². The molecule has 0 saturated heterocycles. The molecule has 0 radical (unpaired) electrons. The number of hydrogen-bond donors (Lipinski definition) is 1. The second-order valence-corrected chi connectivity index (χ2v) is 3.00. The van der Waals surface area contributed by atoms with Crippen LogP contribution in [0.2, 0.25) is 0 Å². The summed E-state index contributed by atoms with van der Waals surface area (Å²) in [4.78, 5) is 0. The van der Waals surface area contributed by atoms with E-state index in [2.05, 4.69) is 11.8 Å². The maximum atomic E-state index is 9.19. The first-order valence-corrected chi connectivity index (χ1v) is 4.73. The number of ether oxygens (including phenoxy) is 1. The van der Waals surface area contributed by atoms with E-state index in [0.29, 0.717) is 18.1 Å². The van der Waals surface area contributed by atoms with E-state index in [1.165, 1.54) is 6.07 Å². The zero-order valence-corrected chi connectivity index (χ0v) is 8.64. The third kappa shape index (κ3) is 2.86. The monoisotopic (exact) mass is 210 g/mol. The third-order valence-corrected chi connectivity index (χ3v) is 1.82. The van der Waals surface area contributed by atoms with E-state index in [0.717, 1.165) is 5.56 Å². The predicted octanol–water partition coefficient (Wildman–Crippen LogP) is 2.38. The molecule has 2 nitrogen and oxygen atoms in total. The summed E-state index contributed by atoms with van der Waals surface area (Å²) in [7, 11) is 1.54. The smallest absolute Gasteiger partial charge is 0.138 e. The molecule has 0 saturated carbocycles. The molecule has 0 heterocycles. The molecule has 1 aromatic carbocycles. The van der Waals surface area contributed by atoms with Crippen molar-refractivity contribution in [2.75, 3.05) is 13.0 Å². The average Bonchev–Trinajstić information content (AvgIpc) is 2.20. The molecule has 0 unspecified atom stereocenters. The number of benzene rings is 1. The minimum absolute atomic E-state index is 0.171. The molecule has 0 amide bonds.